The third-order valence-corrected chi connectivity index (χ3v) is 4.38. The van der Waals surface area contributed by atoms with Gasteiger partial charge in [-0.15, -0.1) is 0 Å². The van der Waals surface area contributed by atoms with Crippen LogP contribution in [0.2, 0.25) is 5.02 Å². The summed E-state index contributed by atoms with van der Waals surface area (Å²) in [6.07, 6.45) is -1.15. The molecule has 0 fully saturated rings. The molecule has 2 aromatic carbocycles. The van der Waals surface area contributed by atoms with E-state index in [9.17, 15) is 19.5 Å². The number of benzene rings is 2. The van der Waals surface area contributed by atoms with Crippen molar-refractivity contribution in [2.75, 3.05) is 13.6 Å². The summed E-state index contributed by atoms with van der Waals surface area (Å²) in [5, 5.41) is 9.63. The van der Waals surface area contributed by atoms with Crippen LogP contribution in [0.3, 0.4) is 0 Å². The van der Waals surface area contributed by atoms with Gasteiger partial charge < -0.3 is 10.0 Å². The summed E-state index contributed by atoms with van der Waals surface area (Å²) < 4.78 is 0. The fraction of sp³-hybridized carbons (Fsp3) is 0.167. The van der Waals surface area contributed by atoms with Gasteiger partial charge in [0.25, 0.3) is 11.8 Å². The van der Waals surface area contributed by atoms with Gasteiger partial charge in [0.15, 0.2) is 0 Å². The quantitative estimate of drug-likeness (QED) is 0.851. The number of likely N-dealkylation sites (N-methyl/N-ethyl adjacent to an activating group) is 1. The van der Waals surface area contributed by atoms with Gasteiger partial charge in [-0.2, -0.15) is 0 Å². The van der Waals surface area contributed by atoms with E-state index in [0.29, 0.717) is 21.7 Å². The first-order chi connectivity index (χ1) is 11.9. The van der Waals surface area contributed by atoms with E-state index in [4.69, 9.17) is 11.6 Å². The van der Waals surface area contributed by atoms with E-state index in [1.807, 2.05) is 0 Å². The number of carbonyl (C=O) groups is 3. The monoisotopic (exact) mass is 358 g/mol. The Bertz CT molecular complexity index is 833. The normalized spacial score (nSPS) is 14.4. The molecule has 0 bridgehead atoms. The Hall–Kier alpha value is -2.86. The van der Waals surface area contributed by atoms with E-state index in [0.717, 1.165) is 9.80 Å². The molecule has 3 amide bonds. The summed E-state index contributed by atoms with van der Waals surface area (Å²) in [5.74, 6) is -0.881. The Morgan fingerprint density at radius 1 is 1.12 bits per heavy atom. The number of rotatable bonds is 4. The van der Waals surface area contributed by atoms with Crippen molar-refractivity contribution in [1.29, 1.82) is 0 Å². The molecule has 0 spiro atoms. The zero-order chi connectivity index (χ0) is 18.1. The van der Waals surface area contributed by atoms with Gasteiger partial charge in [-0.05, 0) is 29.8 Å². The highest BCUT2D eigenvalue weighted by atomic mass is 35.5. The van der Waals surface area contributed by atoms with Crippen molar-refractivity contribution in [1.82, 2.24) is 9.80 Å². The molecule has 3 rings (SSSR count). The van der Waals surface area contributed by atoms with Crippen molar-refractivity contribution >= 4 is 29.5 Å². The third kappa shape index (κ3) is 3.08. The highest BCUT2D eigenvalue weighted by molar-refractivity contribution is 6.30. The predicted molar refractivity (Wildman–Crippen MR) is 91.8 cm³/mol. The molecule has 7 heteroatoms. The van der Waals surface area contributed by atoms with E-state index in [-0.39, 0.29) is 6.54 Å². The Balaban J connectivity index is 2.05. The zero-order valence-electron chi connectivity index (χ0n) is 13.3. The molecule has 1 N–H and O–H groups in total. The van der Waals surface area contributed by atoms with Gasteiger partial charge in [-0.1, -0.05) is 35.9 Å². The average molecular weight is 359 g/mol. The van der Waals surface area contributed by atoms with E-state index >= 15 is 0 Å². The number of hydrogen-bond acceptors (Lipinski definition) is 3. The van der Waals surface area contributed by atoms with Gasteiger partial charge >= 0.3 is 6.09 Å². The van der Waals surface area contributed by atoms with E-state index in [1.54, 1.807) is 48.5 Å². The van der Waals surface area contributed by atoms with Crippen LogP contribution in [-0.2, 0) is 0 Å². The standard InChI is InChI=1S/C18H15ClN2O4/c1-20(18(24)25)10-15(11-5-4-6-12(19)9-11)21-16(22)13-7-2-3-8-14(13)17(21)23/h2-9,15H,10H2,1H3,(H,24,25)/t15-/m1/s1. The maximum Gasteiger partial charge on any atom is 0.407 e. The first-order valence-electron chi connectivity index (χ1n) is 7.56. The second-order valence-corrected chi connectivity index (χ2v) is 6.20. The largest absolute Gasteiger partial charge is 0.465 e. The number of nitrogens with zero attached hydrogens (tertiary/aromatic N) is 2. The maximum atomic E-state index is 12.8. The Labute approximate surface area is 149 Å². The molecule has 2 aromatic rings. The summed E-state index contributed by atoms with van der Waals surface area (Å²) in [6, 6.07) is 12.5. The lowest BCUT2D eigenvalue weighted by atomic mass is 10.0. The van der Waals surface area contributed by atoms with Crippen molar-refractivity contribution in [2.45, 2.75) is 6.04 Å². The fourth-order valence-corrected chi connectivity index (χ4v) is 3.08. The van der Waals surface area contributed by atoms with Gasteiger partial charge in [0.05, 0.1) is 17.2 Å². The number of carbonyl (C=O) groups excluding carboxylic acids is 2. The summed E-state index contributed by atoms with van der Waals surface area (Å²) in [5.41, 5.74) is 1.23. The van der Waals surface area contributed by atoms with Gasteiger partial charge in [0.1, 0.15) is 0 Å². The van der Waals surface area contributed by atoms with Crippen LogP contribution < -0.4 is 0 Å². The molecule has 0 unspecified atom stereocenters. The van der Waals surface area contributed by atoms with Crippen LogP contribution >= 0.6 is 11.6 Å². The van der Waals surface area contributed by atoms with Gasteiger partial charge in [-0.3, -0.25) is 14.5 Å². The minimum atomic E-state index is -1.15. The van der Waals surface area contributed by atoms with Crippen LogP contribution in [0, 0.1) is 0 Å². The lowest BCUT2D eigenvalue weighted by molar-refractivity contribution is 0.0545. The molecule has 128 valence electrons. The highest BCUT2D eigenvalue weighted by Gasteiger charge is 2.41. The molecule has 1 atom stereocenters. The second kappa shape index (κ2) is 6.57. The topological polar surface area (TPSA) is 77.9 Å². The molecule has 0 aromatic heterocycles. The molecule has 1 aliphatic heterocycles. The van der Waals surface area contributed by atoms with Gasteiger partial charge in [0.2, 0.25) is 0 Å². The Morgan fingerprint density at radius 3 is 2.24 bits per heavy atom. The Kier molecular flexibility index (Phi) is 4.46. The summed E-state index contributed by atoms with van der Waals surface area (Å²) in [4.78, 5) is 38.9. The number of amides is 3. The molecule has 0 aliphatic carbocycles. The Morgan fingerprint density at radius 2 is 1.72 bits per heavy atom. The number of carboxylic acid groups (broad SMARTS) is 1. The van der Waals surface area contributed by atoms with Gasteiger partial charge in [0, 0.05) is 18.6 Å². The van der Waals surface area contributed by atoms with E-state index in [1.165, 1.54) is 7.05 Å². The van der Waals surface area contributed by atoms with Crippen molar-refractivity contribution in [2.24, 2.45) is 0 Å². The summed E-state index contributed by atoms with van der Waals surface area (Å²) >= 11 is 6.04. The zero-order valence-corrected chi connectivity index (χ0v) is 14.1. The molecular weight excluding hydrogens is 344 g/mol. The maximum absolute atomic E-state index is 12.8. The molecule has 1 aliphatic rings. The number of hydrogen-bond donors (Lipinski definition) is 1. The molecular formula is C18H15ClN2O4. The molecule has 25 heavy (non-hydrogen) atoms. The second-order valence-electron chi connectivity index (χ2n) is 5.76. The average Bonchev–Trinajstić information content (AvgIpc) is 2.84. The van der Waals surface area contributed by atoms with Crippen molar-refractivity contribution in [3.63, 3.8) is 0 Å². The van der Waals surface area contributed by atoms with Crippen LogP contribution in [0.1, 0.15) is 32.3 Å². The van der Waals surface area contributed by atoms with Crippen molar-refractivity contribution in [3.8, 4) is 0 Å². The van der Waals surface area contributed by atoms with Crippen molar-refractivity contribution < 1.29 is 19.5 Å². The van der Waals surface area contributed by atoms with Crippen LogP contribution in [-0.4, -0.2) is 46.4 Å². The molecule has 1 heterocycles. The first kappa shape index (κ1) is 17.0. The fourth-order valence-electron chi connectivity index (χ4n) is 2.88. The molecule has 6 nitrogen and oxygen atoms in total. The summed E-state index contributed by atoms with van der Waals surface area (Å²) in [6.45, 7) is -0.0544. The van der Waals surface area contributed by atoms with Crippen molar-refractivity contribution in [3.05, 3.63) is 70.2 Å². The molecule has 0 saturated heterocycles. The van der Waals surface area contributed by atoms with Crippen LogP contribution in [0.5, 0.6) is 0 Å². The van der Waals surface area contributed by atoms with Gasteiger partial charge in [-0.25, -0.2) is 4.79 Å². The first-order valence-corrected chi connectivity index (χ1v) is 7.94. The van der Waals surface area contributed by atoms with Crippen LogP contribution in [0.4, 0.5) is 4.79 Å². The number of fused-ring (bicyclic) bond motifs is 1. The lowest BCUT2D eigenvalue weighted by Gasteiger charge is -2.29. The predicted octanol–water partition coefficient (Wildman–Crippen LogP) is 3.29. The minimum absolute atomic E-state index is 0.0544. The minimum Gasteiger partial charge on any atom is -0.465 e. The molecule has 0 saturated carbocycles. The molecule has 0 radical (unpaired) electrons. The van der Waals surface area contributed by atoms with E-state index < -0.39 is 23.9 Å². The number of imide groups is 1. The van der Waals surface area contributed by atoms with E-state index in [2.05, 4.69) is 0 Å². The summed E-state index contributed by atoms with van der Waals surface area (Å²) in [7, 11) is 1.39. The van der Waals surface area contributed by atoms with Crippen LogP contribution in [0.15, 0.2) is 48.5 Å². The third-order valence-electron chi connectivity index (χ3n) is 4.14. The lowest BCUT2D eigenvalue weighted by Crippen LogP contribution is -2.41. The smallest absolute Gasteiger partial charge is 0.407 e. The SMILES string of the molecule is CN(C[C@H](c1cccc(Cl)c1)N1C(=O)c2ccccc2C1=O)C(=O)O. The number of halogens is 1. The van der Waals surface area contributed by atoms with Crippen LogP contribution in [0.25, 0.3) is 0 Å². The highest BCUT2D eigenvalue weighted by Crippen LogP contribution is 2.32.